The maximum Gasteiger partial charge on any atom is 0.230 e. The van der Waals surface area contributed by atoms with Gasteiger partial charge in [-0.3, -0.25) is 9.78 Å². The minimum absolute atomic E-state index is 0.104. The van der Waals surface area contributed by atoms with Gasteiger partial charge in [-0.15, -0.1) is 0 Å². The van der Waals surface area contributed by atoms with Crippen molar-refractivity contribution in [1.82, 2.24) is 10.3 Å². The minimum atomic E-state index is -0.684. The van der Waals surface area contributed by atoms with Crippen molar-refractivity contribution in [3.63, 3.8) is 0 Å². The molecule has 1 amide bonds. The van der Waals surface area contributed by atoms with Crippen LogP contribution in [0.3, 0.4) is 0 Å². The molecule has 6 heteroatoms. The van der Waals surface area contributed by atoms with Gasteiger partial charge in [0, 0.05) is 24.1 Å². The summed E-state index contributed by atoms with van der Waals surface area (Å²) >= 11 is 0. The van der Waals surface area contributed by atoms with Crippen LogP contribution in [0, 0.1) is 0 Å². The van der Waals surface area contributed by atoms with E-state index in [1.54, 1.807) is 30.5 Å². The number of aromatic hydroxyl groups is 1. The molecule has 0 aliphatic rings. The summed E-state index contributed by atoms with van der Waals surface area (Å²) in [5, 5.41) is 25.7. The highest BCUT2D eigenvalue weighted by Gasteiger charge is 2.08. The summed E-state index contributed by atoms with van der Waals surface area (Å²) in [6.07, 6.45) is 1.99. The van der Waals surface area contributed by atoms with Gasteiger partial charge in [-0.2, -0.15) is 0 Å². The molecule has 0 aliphatic heterocycles. The van der Waals surface area contributed by atoms with Crippen LogP contribution in [0.2, 0.25) is 0 Å². The molecule has 6 nitrogen and oxygen atoms in total. The molecular weight excluding hydrogens is 366 g/mol. The number of anilines is 1. The molecule has 1 atom stereocenters. The highest BCUT2D eigenvalue weighted by molar-refractivity contribution is 5.91. The Hall–Kier alpha value is -3.22. The van der Waals surface area contributed by atoms with Gasteiger partial charge in [0.1, 0.15) is 5.75 Å². The van der Waals surface area contributed by atoms with E-state index in [9.17, 15) is 15.0 Å². The Labute approximate surface area is 170 Å². The molecular formula is C23H25N3O3. The summed E-state index contributed by atoms with van der Waals surface area (Å²) in [5.74, 6) is 0.0374. The zero-order valence-corrected chi connectivity index (χ0v) is 16.1. The number of para-hydroxylation sites is 1. The number of carbonyl (C=O) groups is 1. The van der Waals surface area contributed by atoms with Gasteiger partial charge in [-0.1, -0.05) is 30.3 Å². The molecule has 0 saturated heterocycles. The van der Waals surface area contributed by atoms with Crippen LogP contribution in [-0.2, 0) is 17.6 Å². The maximum atomic E-state index is 12.2. The number of benzene rings is 2. The second kappa shape index (κ2) is 10.4. The molecule has 0 radical (unpaired) electrons. The summed E-state index contributed by atoms with van der Waals surface area (Å²) in [4.78, 5) is 16.5. The number of hydrogen-bond acceptors (Lipinski definition) is 5. The van der Waals surface area contributed by atoms with Gasteiger partial charge in [0.2, 0.25) is 5.91 Å². The van der Waals surface area contributed by atoms with Crippen LogP contribution in [0.4, 0.5) is 5.69 Å². The number of phenols is 1. The van der Waals surface area contributed by atoms with E-state index in [1.165, 1.54) is 0 Å². The second-order valence-electron chi connectivity index (χ2n) is 6.81. The molecule has 4 N–H and O–H groups in total. The van der Waals surface area contributed by atoms with Crippen LogP contribution in [-0.4, -0.2) is 34.2 Å². The van der Waals surface area contributed by atoms with Crippen molar-refractivity contribution in [3.05, 3.63) is 89.7 Å². The van der Waals surface area contributed by atoms with Gasteiger partial charge in [0.15, 0.2) is 0 Å². The third-order valence-electron chi connectivity index (χ3n) is 4.46. The lowest BCUT2D eigenvalue weighted by molar-refractivity contribution is -0.115. The number of aliphatic hydroxyl groups is 1. The van der Waals surface area contributed by atoms with Crippen LogP contribution in [0.1, 0.15) is 22.9 Å². The molecule has 0 aliphatic carbocycles. The quantitative estimate of drug-likeness (QED) is 0.421. The third-order valence-corrected chi connectivity index (χ3v) is 4.46. The van der Waals surface area contributed by atoms with Gasteiger partial charge in [-0.25, -0.2) is 0 Å². The van der Waals surface area contributed by atoms with Gasteiger partial charge < -0.3 is 20.8 Å². The lowest BCUT2D eigenvalue weighted by Crippen LogP contribution is -2.23. The van der Waals surface area contributed by atoms with Gasteiger partial charge in [0.25, 0.3) is 0 Å². The Morgan fingerprint density at radius 3 is 2.66 bits per heavy atom. The fourth-order valence-electron chi connectivity index (χ4n) is 2.99. The average Bonchev–Trinajstić information content (AvgIpc) is 2.72. The first kappa shape index (κ1) is 20.5. The number of carbonyl (C=O) groups excluding carboxylic acids is 1. The molecule has 29 heavy (non-hydrogen) atoms. The highest BCUT2D eigenvalue weighted by Crippen LogP contribution is 2.17. The number of nitrogens with one attached hydrogen (secondary N) is 2. The SMILES string of the molecule is O=C(Cc1cc(CCNCC(O)c2cccc(O)c2)ccn1)Nc1ccccc1. The zero-order valence-electron chi connectivity index (χ0n) is 16.1. The molecule has 2 aromatic carbocycles. The van der Waals surface area contributed by atoms with E-state index in [1.807, 2.05) is 42.5 Å². The lowest BCUT2D eigenvalue weighted by Gasteiger charge is -2.12. The predicted octanol–water partition coefficient (Wildman–Crippen LogP) is 2.83. The average molecular weight is 391 g/mol. The molecule has 1 aromatic heterocycles. The summed E-state index contributed by atoms with van der Waals surface area (Å²) < 4.78 is 0. The van der Waals surface area contributed by atoms with E-state index in [2.05, 4.69) is 15.6 Å². The normalized spacial score (nSPS) is 11.8. The van der Waals surface area contributed by atoms with Crippen molar-refractivity contribution >= 4 is 11.6 Å². The topological polar surface area (TPSA) is 94.5 Å². The van der Waals surface area contributed by atoms with Crippen LogP contribution < -0.4 is 10.6 Å². The van der Waals surface area contributed by atoms with Gasteiger partial charge in [-0.05, 0) is 60.5 Å². The zero-order chi connectivity index (χ0) is 20.5. The number of pyridine rings is 1. The van der Waals surface area contributed by atoms with Crippen LogP contribution >= 0.6 is 0 Å². The standard InChI is InChI=1S/C23H25N3O3/c27-21-8-4-5-18(14-21)22(28)16-24-11-9-17-10-12-25-20(13-17)15-23(29)26-19-6-2-1-3-7-19/h1-8,10,12-14,22,24,27-28H,9,11,15-16H2,(H,26,29). The second-order valence-corrected chi connectivity index (χ2v) is 6.81. The molecule has 150 valence electrons. The summed E-state index contributed by atoms with van der Waals surface area (Å²) in [5.41, 5.74) is 3.23. The minimum Gasteiger partial charge on any atom is -0.508 e. The largest absolute Gasteiger partial charge is 0.508 e. The Kier molecular flexibility index (Phi) is 7.33. The van der Waals surface area contributed by atoms with Crippen molar-refractivity contribution in [2.75, 3.05) is 18.4 Å². The van der Waals surface area contributed by atoms with E-state index in [-0.39, 0.29) is 18.1 Å². The first-order chi connectivity index (χ1) is 14.1. The predicted molar refractivity (Wildman–Crippen MR) is 113 cm³/mol. The summed E-state index contributed by atoms with van der Waals surface area (Å²) in [6, 6.07) is 19.8. The first-order valence-electron chi connectivity index (χ1n) is 9.56. The molecule has 0 bridgehead atoms. The van der Waals surface area contributed by atoms with Crippen molar-refractivity contribution in [1.29, 1.82) is 0 Å². The highest BCUT2D eigenvalue weighted by atomic mass is 16.3. The molecule has 3 rings (SSSR count). The number of aromatic nitrogens is 1. The lowest BCUT2D eigenvalue weighted by atomic mass is 10.1. The molecule has 0 saturated carbocycles. The third kappa shape index (κ3) is 6.71. The van der Waals surface area contributed by atoms with Crippen LogP contribution in [0.15, 0.2) is 72.9 Å². The first-order valence-corrected chi connectivity index (χ1v) is 9.56. The number of aliphatic hydroxyl groups excluding tert-OH is 1. The Morgan fingerprint density at radius 2 is 1.86 bits per heavy atom. The molecule has 3 aromatic rings. The number of amides is 1. The number of hydrogen-bond donors (Lipinski definition) is 4. The number of rotatable bonds is 9. The van der Waals surface area contributed by atoms with Gasteiger partial charge >= 0.3 is 0 Å². The van der Waals surface area contributed by atoms with Crippen molar-refractivity contribution < 1.29 is 15.0 Å². The van der Waals surface area contributed by atoms with E-state index in [0.717, 1.165) is 23.4 Å². The number of phenolic OH excluding ortho intramolecular Hbond substituents is 1. The molecule has 1 heterocycles. The van der Waals surface area contributed by atoms with Crippen molar-refractivity contribution in [2.24, 2.45) is 0 Å². The molecule has 1 unspecified atom stereocenters. The van der Waals surface area contributed by atoms with Crippen LogP contribution in [0.5, 0.6) is 5.75 Å². The summed E-state index contributed by atoms with van der Waals surface area (Å²) in [7, 11) is 0. The molecule has 0 spiro atoms. The smallest absolute Gasteiger partial charge is 0.230 e. The fourth-order valence-corrected chi connectivity index (χ4v) is 2.99. The number of nitrogens with zero attached hydrogens (tertiary/aromatic N) is 1. The van der Waals surface area contributed by atoms with Crippen LogP contribution in [0.25, 0.3) is 0 Å². The Bertz CT molecular complexity index is 931. The summed E-state index contributed by atoms with van der Waals surface area (Å²) in [6.45, 7) is 1.07. The van der Waals surface area contributed by atoms with Crippen molar-refractivity contribution in [3.8, 4) is 5.75 Å². The monoisotopic (exact) mass is 391 g/mol. The fraction of sp³-hybridized carbons (Fsp3) is 0.217. The van der Waals surface area contributed by atoms with Gasteiger partial charge in [0.05, 0.1) is 12.5 Å². The van der Waals surface area contributed by atoms with E-state index in [0.29, 0.717) is 18.7 Å². The van der Waals surface area contributed by atoms with E-state index in [4.69, 9.17) is 0 Å². The van der Waals surface area contributed by atoms with E-state index >= 15 is 0 Å². The Balaban J connectivity index is 1.44. The van der Waals surface area contributed by atoms with Crippen molar-refractivity contribution in [2.45, 2.75) is 18.9 Å². The van der Waals surface area contributed by atoms with E-state index < -0.39 is 6.10 Å². The Morgan fingerprint density at radius 1 is 1.03 bits per heavy atom. The maximum absolute atomic E-state index is 12.2. The molecule has 0 fully saturated rings.